The number of hydrogen-bond acceptors (Lipinski definition) is 2. The van der Waals surface area contributed by atoms with Crippen LogP contribution in [0.5, 0.6) is 0 Å². The number of likely N-dealkylation sites (N-methyl/N-ethyl adjacent to an activating group) is 1. The number of allylic oxidation sites excluding steroid dienone is 1. The maximum absolute atomic E-state index is 5.52. The van der Waals surface area contributed by atoms with Gasteiger partial charge in [-0.3, -0.25) is 4.90 Å². The molecule has 0 N–H and O–H groups in total. The highest BCUT2D eigenvalue weighted by atomic mass is 16.5. The van der Waals surface area contributed by atoms with Gasteiger partial charge in [-0.25, -0.2) is 0 Å². The molecule has 0 aromatic heterocycles. The van der Waals surface area contributed by atoms with Crippen molar-refractivity contribution in [1.82, 2.24) is 4.90 Å². The molecule has 0 bridgehead atoms. The zero-order valence-corrected chi connectivity index (χ0v) is 10.5. The van der Waals surface area contributed by atoms with Gasteiger partial charge in [0.15, 0.2) is 0 Å². The third-order valence-electron chi connectivity index (χ3n) is 3.20. The Morgan fingerprint density at radius 2 is 2.27 bits per heavy atom. The lowest BCUT2D eigenvalue weighted by atomic mass is 10.0. The molecule has 0 saturated carbocycles. The maximum Gasteiger partial charge on any atom is 0.0660 e. The van der Waals surface area contributed by atoms with E-state index in [0.717, 1.165) is 19.8 Å². The second-order valence-corrected chi connectivity index (χ2v) is 4.52. The van der Waals surface area contributed by atoms with Crippen LogP contribution in [0.15, 0.2) is 11.6 Å². The van der Waals surface area contributed by atoms with Crippen LogP contribution in [-0.2, 0) is 4.74 Å². The molecule has 2 nitrogen and oxygen atoms in total. The van der Waals surface area contributed by atoms with Gasteiger partial charge in [0.2, 0.25) is 0 Å². The zero-order chi connectivity index (χ0) is 11.1. The molecule has 1 aliphatic heterocycles. The van der Waals surface area contributed by atoms with Gasteiger partial charge in [-0.15, -0.1) is 0 Å². The molecule has 1 fully saturated rings. The molecule has 1 heterocycles. The number of nitrogens with zero attached hydrogens (tertiary/aromatic N) is 1. The van der Waals surface area contributed by atoms with Crippen LogP contribution in [0.3, 0.4) is 0 Å². The summed E-state index contributed by atoms with van der Waals surface area (Å²) in [4.78, 5) is 2.40. The average molecular weight is 211 g/mol. The molecule has 0 aromatic rings. The molecule has 2 heteroatoms. The van der Waals surface area contributed by atoms with Crippen molar-refractivity contribution in [2.45, 2.75) is 45.6 Å². The SMILES string of the molecule is CCCCCC=C(C)C1COCCN1C. The van der Waals surface area contributed by atoms with Gasteiger partial charge in [0, 0.05) is 6.54 Å². The minimum absolute atomic E-state index is 0.514. The van der Waals surface area contributed by atoms with Gasteiger partial charge >= 0.3 is 0 Å². The van der Waals surface area contributed by atoms with E-state index in [9.17, 15) is 0 Å². The third-order valence-corrected chi connectivity index (χ3v) is 3.20. The Labute approximate surface area is 94.3 Å². The Morgan fingerprint density at radius 1 is 1.47 bits per heavy atom. The van der Waals surface area contributed by atoms with Gasteiger partial charge in [0.25, 0.3) is 0 Å². The monoisotopic (exact) mass is 211 g/mol. The smallest absolute Gasteiger partial charge is 0.0660 e. The summed E-state index contributed by atoms with van der Waals surface area (Å²) < 4.78 is 5.52. The highest BCUT2D eigenvalue weighted by molar-refractivity contribution is 5.09. The minimum atomic E-state index is 0.514. The minimum Gasteiger partial charge on any atom is -0.378 e. The Morgan fingerprint density at radius 3 is 2.93 bits per heavy atom. The lowest BCUT2D eigenvalue weighted by molar-refractivity contribution is 0.0193. The Balaban J connectivity index is 2.33. The molecule has 88 valence electrons. The van der Waals surface area contributed by atoms with Crippen molar-refractivity contribution >= 4 is 0 Å². The molecule has 1 atom stereocenters. The highest BCUT2D eigenvalue weighted by Crippen LogP contribution is 2.14. The van der Waals surface area contributed by atoms with Crippen molar-refractivity contribution in [3.05, 3.63) is 11.6 Å². The van der Waals surface area contributed by atoms with Crippen molar-refractivity contribution in [2.24, 2.45) is 0 Å². The number of morpholine rings is 1. The fourth-order valence-corrected chi connectivity index (χ4v) is 2.03. The summed E-state index contributed by atoms with van der Waals surface area (Å²) in [5.41, 5.74) is 1.48. The second-order valence-electron chi connectivity index (χ2n) is 4.52. The summed E-state index contributed by atoms with van der Waals surface area (Å²) in [6.07, 6.45) is 7.60. The molecule has 0 spiro atoms. The molecule has 1 unspecified atom stereocenters. The van der Waals surface area contributed by atoms with E-state index in [-0.39, 0.29) is 0 Å². The number of rotatable bonds is 5. The van der Waals surface area contributed by atoms with E-state index in [2.05, 4.69) is 31.9 Å². The van der Waals surface area contributed by atoms with E-state index in [4.69, 9.17) is 4.74 Å². The van der Waals surface area contributed by atoms with E-state index in [1.165, 1.54) is 31.3 Å². The molecule has 0 aromatic carbocycles. The van der Waals surface area contributed by atoms with Crippen molar-refractivity contribution in [3.63, 3.8) is 0 Å². The van der Waals surface area contributed by atoms with Crippen molar-refractivity contribution in [2.75, 3.05) is 26.8 Å². The van der Waals surface area contributed by atoms with Gasteiger partial charge in [0.05, 0.1) is 19.3 Å². The van der Waals surface area contributed by atoms with Crippen molar-refractivity contribution in [1.29, 1.82) is 0 Å². The van der Waals surface area contributed by atoms with Crippen LogP contribution >= 0.6 is 0 Å². The molecule has 15 heavy (non-hydrogen) atoms. The largest absolute Gasteiger partial charge is 0.378 e. The van der Waals surface area contributed by atoms with E-state index in [0.29, 0.717) is 6.04 Å². The molecular weight excluding hydrogens is 186 g/mol. The van der Waals surface area contributed by atoms with Crippen LogP contribution in [0.4, 0.5) is 0 Å². The Kier molecular flexibility index (Phi) is 5.96. The van der Waals surface area contributed by atoms with Crippen LogP contribution in [0.2, 0.25) is 0 Å². The number of hydrogen-bond donors (Lipinski definition) is 0. The van der Waals surface area contributed by atoms with Crippen LogP contribution in [0.1, 0.15) is 39.5 Å². The molecule has 1 saturated heterocycles. The highest BCUT2D eigenvalue weighted by Gasteiger charge is 2.20. The van der Waals surface area contributed by atoms with E-state index in [1.807, 2.05) is 0 Å². The number of unbranched alkanes of at least 4 members (excludes halogenated alkanes) is 3. The van der Waals surface area contributed by atoms with Crippen molar-refractivity contribution in [3.8, 4) is 0 Å². The summed E-state index contributed by atoms with van der Waals surface area (Å²) in [6.45, 7) is 7.30. The predicted octanol–water partition coefficient (Wildman–Crippen LogP) is 2.84. The van der Waals surface area contributed by atoms with E-state index >= 15 is 0 Å². The Hall–Kier alpha value is -0.340. The topological polar surface area (TPSA) is 12.5 Å². The molecule has 0 amide bonds. The van der Waals surface area contributed by atoms with Crippen LogP contribution in [0, 0.1) is 0 Å². The third kappa shape index (κ3) is 4.35. The fourth-order valence-electron chi connectivity index (χ4n) is 2.03. The first-order valence-electron chi connectivity index (χ1n) is 6.20. The lowest BCUT2D eigenvalue weighted by Crippen LogP contribution is -2.43. The normalized spacial score (nSPS) is 24.5. The fraction of sp³-hybridized carbons (Fsp3) is 0.846. The molecule has 0 radical (unpaired) electrons. The molecule has 1 aliphatic rings. The second kappa shape index (κ2) is 7.02. The molecule has 1 rings (SSSR count). The average Bonchev–Trinajstić information content (AvgIpc) is 2.25. The van der Waals surface area contributed by atoms with Gasteiger partial charge in [0.1, 0.15) is 0 Å². The summed E-state index contributed by atoms with van der Waals surface area (Å²) in [5.74, 6) is 0. The van der Waals surface area contributed by atoms with Gasteiger partial charge < -0.3 is 4.74 Å². The van der Waals surface area contributed by atoms with E-state index in [1.54, 1.807) is 0 Å². The Bertz CT molecular complexity index is 201. The quantitative estimate of drug-likeness (QED) is 0.512. The van der Waals surface area contributed by atoms with Crippen LogP contribution < -0.4 is 0 Å². The first-order chi connectivity index (χ1) is 7.25. The summed E-state index contributed by atoms with van der Waals surface area (Å²) in [5, 5.41) is 0. The summed E-state index contributed by atoms with van der Waals surface area (Å²) >= 11 is 0. The maximum atomic E-state index is 5.52. The van der Waals surface area contributed by atoms with Crippen LogP contribution in [-0.4, -0.2) is 37.7 Å². The first kappa shape index (κ1) is 12.7. The van der Waals surface area contributed by atoms with Crippen molar-refractivity contribution < 1.29 is 4.74 Å². The number of ether oxygens (including phenoxy) is 1. The predicted molar refractivity (Wildman–Crippen MR) is 65.1 cm³/mol. The van der Waals surface area contributed by atoms with Gasteiger partial charge in [-0.2, -0.15) is 0 Å². The zero-order valence-electron chi connectivity index (χ0n) is 10.5. The summed E-state index contributed by atoms with van der Waals surface area (Å²) in [7, 11) is 2.19. The summed E-state index contributed by atoms with van der Waals surface area (Å²) in [6, 6.07) is 0.514. The molecule has 0 aliphatic carbocycles. The van der Waals surface area contributed by atoms with Gasteiger partial charge in [-0.1, -0.05) is 31.4 Å². The van der Waals surface area contributed by atoms with Gasteiger partial charge in [-0.05, 0) is 26.8 Å². The standard InChI is InChI=1S/C13H25NO/c1-4-5-6-7-8-12(2)13-11-15-10-9-14(13)3/h8,13H,4-7,9-11H2,1-3H3. The molecular formula is C13H25NO. The van der Waals surface area contributed by atoms with E-state index < -0.39 is 0 Å². The van der Waals surface area contributed by atoms with Crippen LogP contribution in [0.25, 0.3) is 0 Å². The first-order valence-corrected chi connectivity index (χ1v) is 6.20. The lowest BCUT2D eigenvalue weighted by Gasteiger charge is -2.33.